The van der Waals surface area contributed by atoms with E-state index in [0.717, 1.165) is 12.0 Å². The van der Waals surface area contributed by atoms with Gasteiger partial charge in [-0.25, -0.2) is 13.6 Å². The number of nitrogens with two attached hydrogens (primary N) is 1. The number of anilines is 1. The fraction of sp³-hybridized carbons (Fsp3) is 0.214. The summed E-state index contributed by atoms with van der Waals surface area (Å²) < 4.78 is 34.5. The van der Waals surface area contributed by atoms with Gasteiger partial charge in [-0.2, -0.15) is 0 Å². The van der Waals surface area contributed by atoms with E-state index in [1.54, 1.807) is 42.5 Å². The molecule has 1 saturated heterocycles. The van der Waals surface area contributed by atoms with Gasteiger partial charge in [0.05, 0.1) is 30.2 Å². The van der Waals surface area contributed by atoms with Gasteiger partial charge in [-0.3, -0.25) is 14.5 Å². The van der Waals surface area contributed by atoms with Crippen molar-refractivity contribution in [3.8, 4) is 11.5 Å². The molecule has 1 atom stereocenters. The number of Topliss-reactive ketones (excluding diaryl/α,β-unsaturated/α-hetero) is 1. The number of benzene rings is 3. The van der Waals surface area contributed by atoms with Gasteiger partial charge in [-0.15, -0.1) is 0 Å². The third-order valence-electron chi connectivity index (χ3n) is 6.21. The summed E-state index contributed by atoms with van der Waals surface area (Å²) in [4.78, 5) is 27.8. The molecule has 3 aromatic rings. The summed E-state index contributed by atoms with van der Waals surface area (Å²) in [5, 5.41) is 16.6. The molecule has 1 heterocycles. The van der Waals surface area contributed by atoms with Crippen molar-refractivity contribution in [2.45, 2.75) is 31.2 Å². The van der Waals surface area contributed by atoms with Crippen molar-refractivity contribution in [1.29, 1.82) is 0 Å². The summed E-state index contributed by atoms with van der Waals surface area (Å²) in [6.07, 6.45) is 0.837. The highest BCUT2D eigenvalue weighted by atomic mass is 32.2. The molecule has 10 heteroatoms. The Balaban J connectivity index is 1.89. The molecule has 0 saturated carbocycles. The first-order chi connectivity index (χ1) is 18.1. The smallest absolute Gasteiger partial charge is 0.300 e. The van der Waals surface area contributed by atoms with Crippen molar-refractivity contribution in [2.24, 2.45) is 5.14 Å². The molecule has 4 rings (SSSR count). The second-order valence-electron chi connectivity index (χ2n) is 8.81. The molecular formula is C28H28N2O7S. The van der Waals surface area contributed by atoms with Crippen LogP contribution in [0.2, 0.25) is 0 Å². The molecule has 198 valence electrons. The van der Waals surface area contributed by atoms with Crippen molar-refractivity contribution in [1.82, 2.24) is 0 Å². The fourth-order valence-electron chi connectivity index (χ4n) is 4.35. The summed E-state index contributed by atoms with van der Waals surface area (Å²) in [6, 6.07) is 16.1. The second kappa shape index (κ2) is 10.7. The van der Waals surface area contributed by atoms with Crippen molar-refractivity contribution >= 4 is 33.2 Å². The van der Waals surface area contributed by atoms with Crippen LogP contribution in [0, 0.1) is 6.92 Å². The van der Waals surface area contributed by atoms with E-state index >= 15 is 0 Å². The molecule has 38 heavy (non-hydrogen) atoms. The van der Waals surface area contributed by atoms with Gasteiger partial charge >= 0.3 is 0 Å². The van der Waals surface area contributed by atoms with Crippen molar-refractivity contribution in [3.05, 3.63) is 89.0 Å². The Morgan fingerprint density at radius 3 is 2.37 bits per heavy atom. The maximum atomic E-state index is 13.4. The Labute approximate surface area is 221 Å². The van der Waals surface area contributed by atoms with Gasteiger partial charge in [0.25, 0.3) is 11.7 Å². The number of ketones is 1. The number of rotatable bonds is 8. The van der Waals surface area contributed by atoms with Gasteiger partial charge in [0, 0.05) is 11.3 Å². The van der Waals surface area contributed by atoms with E-state index in [4.69, 9.17) is 14.6 Å². The average Bonchev–Trinajstić information content (AvgIpc) is 3.17. The molecule has 1 aliphatic rings. The predicted molar refractivity (Wildman–Crippen MR) is 143 cm³/mol. The Bertz CT molecular complexity index is 1530. The topological polar surface area (TPSA) is 136 Å². The molecule has 1 amide bonds. The largest absolute Gasteiger partial charge is 0.507 e. The summed E-state index contributed by atoms with van der Waals surface area (Å²) in [5.41, 5.74) is 1.77. The maximum Gasteiger partial charge on any atom is 0.300 e. The summed E-state index contributed by atoms with van der Waals surface area (Å²) in [6.45, 7) is 4.36. The molecule has 1 fully saturated rings. The number of hydrogen-bond donors (Lipinski definition) is 2. The number of carbonyl (C=O) groups is 2. The van der Waals surface area contributed by atoms with Crippen LogP contribution in [-0.4, -0.2) is 38.9 Å². The summed E-state index contributed by atoms with van der Waals surface area (Å²) >= 11 is 0. The molecule has 3 N–H and O–H groups in total. The first-order valence-corrected chi connectivity index (χ1v) is 13.4. The van der Waals surface area contributed by atoms with E-state index in [9.17, 15) is 23.1 Å². The number of amides is 1. The molecular weight excluding hydrogens is 508 g/mol. The van der Waals surface area contributed by atoms with Gasteiger partial charge < -0.3 is 14.6 Å². The normalized spacial score (nSPS) is 17.1. The van der Waals surface area contributed by atoms with Crippen molar-refractivity contribution in [3.63, 3.8) is 0 Å². The van der Waals surface area contributed by atoms with Crippen LogP contribution >= 0.6 is 0 Å². The number of primary sulfonamides is 1. The summed E-state index contributed by atoms with van der Waals surface area (Å²) in [7, 11) is -2.47. The van der Waals surface area contributed by atoms with Crippen LogP contribution in [0.1, 0.15) is 36.1 Å². The summed E-state index contributed by atoms with van der Waals surface area (Å²) in [5.74, 6) is -0.948. The van der Waals surface area contributed by atoms with Crippen LogP contribution in [0.4, 0.5) is 5.69 Å². The van der Waals surface area contributed by atoms with E-state index in [0.29, 0.717) is 29.2 Å². The molecule has 1 aliphatic heterocycles. The van der Waals surface area contributed by atoms with Gasteiger partial charge in [0.15, 0.2) is 0 Å². The van der Waals surface area contributed by atoms with Crippen LogP contribution in [0.5, 0.6) is 11.5 Å². The number of aliphatic hydroxyl groups is 1. The lowest BCUT2D eigenvalue weighted by atomic mass is 9.94. The number of ether oxygens (including phenoxy) is 2. The maximum absolute atomic E-state index is 13.4. The zero-order valence-electron chi connectivity index (χ0n) is 21.2. The highest BCUT2D eigenvalue weighted by Crippen LogP contribution is 2.43. The molecule has 0 bridgehead atoms. The van der Waals surface area contributed by atoms with Gasteiger partial charge in [0.2, 0.25) is 10.0 Å². The zero-order valence-corrected chi connectivity index (χ0v) is 22.0. The Kier molecular flexibility index (Phi) is 7.56. The molecule has 0 spiro atoms. The van der Waals surface area contributed by atoms with Crippen LogP contribution in [-0.2, 0) is 19.6 Å². The Hall–Kier alpha value is -4.15. The van der Waals surface area contributed by atoms with E-state index in [2.05, 4.69) is 0 Å². The third kappa shape index (κ3) is 5.13. The number of sulfonamides is 1. The molecule has 3 aromatic carbocycles. The lowest BCUT2D eigenvalue weighted by molar-refractivity contribution is -0.132. The Morgan fingerprint density at radius 2 is 1.76 bits per heavy atom. The number of aryl methyl sites for hydroxylation is 1. The quantitative estimate of drug-likeness (QED) is 0.252. The van der Waals surface area contributed by atoms with Crippen molar-refractivity contribution in [2.75, 3.05) is 18.6 Å². The highest BCUT2D eigenvalue weighted by molar-refractivity contribution is 7.89. The molecule has 9 nitrogen and oxygen atoms in total. The minimum absolute atomic E-state index is 0.111. The van der Waals surface area contributed by atoms with Crippen LogP contribution in [0.25, 0.3) is 5.76 Å². The van der Waals surface area contributed by atoms with Gasteiger partial charge in [-0.05, 0) is 79.1 Å². The zero-order chi connectivity index (χ0) is 27.6. The van der Waals surface area contributed by atoms with Crippen molar-refractivity contribution < 1.29 is 32.6 Å². The minimum atomic E-state index is -3.96. The number of aliphatic hydroxyl groups excluding tert-OH is 1. The fourth-order valence-corrected chi connectivity index (χ4v) is 4.86. The predicted octanol–water partition coefficient (Wildman–Crippen LogP) is 4.07. The Morgan fingerprint density at radius 1 is 1.05 bits per heavy atom. The monoisotopic (exact) mass is 536 g/mol. The molecule has 0 radical (unpaired) electrons. The van der Waals surface area contributed by atoms with E-state index in [1.165, 1.54) is 36.3 Å². The number of carbonyl (C=O) groups excluding carboxylic acids is 2. The average molecular weight is 537 g/mol. The molecule has 1 unspecified atom stereocenters. The molecule has 0 aromatic heterocycles. The van der Waals surface area contributed by atoms with Gasteiger partial charge in [-0.1, -0.05) is 19.1 Å². The lowest BCUT2D eigenvalue weighted by Crippen LogP contribution is -2.29. The van der Waals surface area contributed by atoms with Crippen LogP contribution in [0.3, 0.4) is 0 Å². The second-order valence-corrected chi connectivity index (χ2v) is 10.4. The number of methoxy groups -OCH3 is 1. The minimum Gasteiger partial charge on any atom is -0.507 e. The van der Waals surface area contributed by atoms with E-state index in [-0.39, 0.29) is 21.9 Å². The lowest BCUT2D eigenvalue weighted by Gasteiger charge is -2.26. The SMILES string of the molecule is CCCOc1ccc(/C(O)=C2\C(=O)C(=O)N(c3ccc(S(N)(=O)=O)cc3)C2c2cccc(OC)c2)cc1C. The third-order valence-corrected chi connectivity index (χ3v) is 7.14. The highest BCUT2D eigenvalue weighted by Gasteiger charge is 2.47. The first-order valence-electron chi connectivity index (χ1n) is 11.9. The van der Waals surface area contributed by atoms with E-state index in [1.807, 2.05) is 13.8 Å². The van der Waals surface area contributed by atoms with Gasteiger partial charge in [0.1, 0.15) is 17.3 Å². The molecule has 0 aliphatic carbocycles. The van der Waals surface area contributed by atoms with E-state index < -0.39 is 27.8 Å². The standard InChI is InChI=1S/C28H28N2O7S/c1-4-14-37-23-13-8-19(15-17(23)2)26(31)24-25(18-6-5-7-21(16-18)36-3)30(28(33)27(24)32)20-9-11-22(12-10-20)38(29,34)35/h5-13,15-16,25,31H,4,14H2,1-3H3,(H2,29,34,35)/b26-24+. The van der Waals surface area contributed by atoms with Crippen LogP contribution in [0.15, 0.2) is 77.2 Å². The first kappa shape index (κ1) is 26.9. The number of nitrogens with zero attached hydrogens (tertiary/aromatic N) is 1. The number of hydrogen-bond acceptors (Lipinski definition) is 7. The van der Waals surface area contributed by atoms with Crippen LogP contribution < -0.4 is 19.5 Å².